The normalized spacial score (nSPS) is 11.6. The van der Waals surface area contributed by atoms with Crippen molar-refractivity contribution in [1.29, 1.82) is 5.26 Å². The molecular weight excluding hydrogens is 238 g/mol. The minimum atomic E-state index is -0.137. The molecule has 2 rings (SSSR count). The maximum absolute atomic E-state index is 8.62. The lowest BCUT2D eigenvalue weighted by molar-refractivity contribution is 0.452. The Hall–Kier alpha value is -2.38. The fraction of sp³-hybridized carbons (Fsp3) is 0.200. The fourth-order valence-electron chi connectivity index (χ4n) is 1.71. The first-order valence-corrected chi connectivity index (χ1v) is 6.05. The lowest BCUT2D eigenvalue weighted by atomic mass is 10.1. The van der Waals surface area contributed by atoms with E-state index in [0.717, 1.165) is 11.1 Å². The average molecular weight is 253 g/mol. The fourth-order valence-corrected chi connectivity index (χ4v) is 1.71. The van der Waals surface area contributed by atoms with Gasteiger partial charge < -0.3 is 10.5 Å². The number of hydrogen-bond donors (Lipinski definition) is 1. The molecule has 19 heavy (non-hydrogen) atoms. The summed E-state index contributed by atoms with van der Waals surface area (Å²) in [6.45, 7) is 1.89. The number of nitriles is 1. The molecule has 2 aromatic rings. The second kappa shape index (κ2) is 5.98. The van der Waals surface area contributed by atoms with E-state index in [1.54, 1.807) is 6.20 Å². The van der Waals surface area contributed by atoms with Crippen LogP contribution in [0.1, 0.15) is 24.1 Å². The van der Waals surface area contributed by atoms with Crippen molar-refractivity contribution in [2.24, 2.45) is 5.73 Å². The monoisotopic (exact) mass is 253 g/mol. The van der Waals surface area contributed by atoms with Crippen LogP contribution in [0.2, 0.25) is 0 Å². The molecule has 1 atom stereocenters. The number of nitrogens with zero attached hydrogens (tertiary/aromatic N) is 2. The van der Waals surface area contributed by atoms with Gasteiger partial charge in [0.1, 0.15) is 5.75 Å². The molecule has 1 heterocycles. The highest BCUT2D eigenvalue weighted by Gasteiger charge is 2.09. The highest BCUT2D eigenvalue weighted by Crippen LogP contribution is 2.26. The molecule has 0 fully saturated rings. The van der Waals surface area contributed by atoms with Gasteiger partial charge in [0.2, 0.25) is 5.88 Å². The molecule has 2 N–H and O–H groups in total. The van der Waals surface area contributed by atoms with E-state index < -0.39 is 0 Å². The van der Waals surface area contributed by atoms with Crippen molar-refractivity contribution in [3.05, 3.63) is 53.7 Å². The lowest BCUT2D eigenvalue weighted by Crippen LogP contribution is -2.07. The number of aromatic nitrogens is 1. The maximum atomic E-state index is 8.62. The minimum absolute atomic E-state index is 0.137. The Morgan fingerprint density at radius 1 is 1.32 bits per heavy atom. The van der Waals surface area contributed by atoms with Crippen LogP contribution in [0.3, 0.4) is 0 Å². The van der Waals surface area contributed by atoms with Crippen LogP contribution in [0.25, 0.3) is 0 Å². The molecule has 0 amide bonds. The summed E-state index contributed by atoms with van der Waals surface area (Å²) >= 11 is 0. The molecule has 0 radical (unpaired) electrons. The predicted octanol–water partition coefficient (Wildman–Crippen LogP) is 2.96. The third-order valence-corrected chi connectivity index (χ3v) is 2.71. The molecule has 1 aromatic carbocycles. The number of rotatable bonds is 4. The number of benzene rings is 1. The van der Waals surface area contributed by atoms with Crippen molar-refractivity contribution in [2.45, 2.75) is 19.4 Å². The zero-order valence-corrected chi connectivity index (χ0v) is 10.7. The van der Waals surface area contributed by atoms with Crippen molar-refractivity contribution in [1.82, 2.24) is 4.98 Å². The van der Waals surface area contributed by atoms with Gasteiger partial charge in [0.15, 0.2) is 0 Å². The van der Waals surface area contributed by atoms with Crippen molar-refractivity contribution >= 4 is 0 Å². The molecule has 1 aromatic heterocycles. The standard InChI is InChI=1S/C15H15N3O/c1-11(17)14-3-2-10-18-15(14)19-13-6-4-12(5-7-13)8-9-16/h2-7,10-11H,8,17H2,1H3. The van der Waals surface area contributed by atoms with Gasteiger partial charge in [-0.15, -0.1) is 0 Å². The number of pyridine rings is 1. The molecule has 0 aliphatic rings. The van der Waals surface area contributed by atoms with Gasteiger partial charge >= 0.3 is 0 Å². The number of hydrogen-bond acceptors (Lipinski definition) is 4. The quantitative estimate of drug-likeness (QED) is 0.909. The van der Waals surface area contributed by atoms with Crippen LogP contribution in [-0.2, 0) is 6.42 Å². The highest BCUT2D eigenvalue weighted by molar-refractivity contribution is 5.35. The van der Waals surface area contributed by atoms with E-state index in [1.807, 2.05) is 43.3 Å². The molecule has 0 aliphatic heterocycles. The Labute approximate surface area is 112 Å². The topological polar surface area (TPSA) is 71.9 Å². The van der Waals surface area contributed by atoms with E-state index in [4.69, 9.17) is 15.7 Å². The van der Waals surface area contributed by atoms with Crippen LogP contribution in [0.4, 0.5) is 0 Å². The summed E-state index contributed by atoms with van der Waals surface area (Å²) in [6.07, 6.45) is 2.07. The molecule has 1 unspecified atom stereocenters. The van der Waals surface area contributed by atoms with Crippen LogP contribution in [-0.4, -0.2) is 4.98 Å². The Kier molecular flexibility index (Phi) is 4.11. The van der Waals surface area contributed by atoms with Crippen molar-refractivity contribution in [2.75, 3.05) is 0 Å². The summed E-state index contributed by atoms with van der Waals surface area (Å²) in [5.41, 5.74) is 7.70. The Morgan fingerprint density at radius 2 is 2.05 bits per heavy atom. The molecule has 0 saturated carbocycles. The largest absolute Gasteiger partial charge is 0.439 e. The van der Waals surface area contributed by atoms with Gasteiger partial charge in [-0.2, -0.15) is 5.26 Å². The van der Waals surface area contributed by atoms with Gasteiger partial charge in [0.05, 0.1) is 12.5 Å². The van der Waals surface area contributed by atoms with E-state index in [0.29, 0.717) is 18.1 Å². The minimum Gasteiger partial charge on any atom is -0.439 e. The van der Waals surface area contributed by atoms with Crippen molar-refractivity contribution in [3.8, 4) is 17.7 Å². The summed E-state index contributed by atoms with van der Waals surface area (Å²) < 4.78 is 5.73. The maximum Gasteiger partial charge on any atom is 0.223 e. The molecule has 0 spiro atoms. The van der Waals surface area contributed by atoms with Gasteiger partial charge in [0, 0.05) is 17.8 Å². The highest BCUT2D eigenvalue weighted by atomic mass is 16.5. The third kappa shape index (κ3) is 3.30. The van der Waals surface area contributed by atoms with Crippen LogP contribution < -0.4 is 10.5 Å². The molecule has 96 valence electrons. The number of nitrogens with two attached hydrogens (primary N) is 1. The first kappa shape index (κ1) is 13.1. The average Bonchev–Trinajstić information content (AvgIpc) is 2.42. The van der Waals surface area contributed by atoms with Gasteiger partial charge in [-0.3, -0.25) is 0 Å². The Balaban J connectivity index is 2.19. The molecule has 4 heteroatoms. The Morgan fingerprint density at radius 3 is 2.68 bits per heavy atom. The van der Waals surface area contributed by atoms with Crippen molar-refractivity contribution < 1.29 is 4.74 Å². The van der Waals surface area contributed by atoms with Crippen LogP contribution in [0, 0.1) is 11.3 Å². The summed E-state index contributed by atoms with van der Waals surface area (Å²) in [5.74, 6) is 1.20. The first-order chi connectivity index (χ1) is 9.20. The summed E-state index contributed by atoms with van der Waals surface area (Å²) in [7, 11) is 0. The predicted molar refractivity (Wildman–Crippen MR) is 72.7 cm³/mol. The molecule has 0 saturated heterocycles. The summed E-state index contributed by atoms with van der Waals surface area (Å²) in [5, 5.41) is 8.62. The smallest absolute Gasteiger partial charge is 0.223 e. The number of ether oxygens (including phenoxy) is 1. The van der Waals surface area contributed by atoms with E-state index >= 15 is 0 Å². The van der Waals surface area contributed by atoms with Gasteiger partial charge in [-0.25, -0.2) is 4.98 Å². The second-order valence-corrected chi connectivity index (χ2v) is 4.27. The van der Waals surface area contributed by atoms with Crippen LogP contribution in [0.15, 0.2) is 42.6 Å². The van der Waals surface area contributed by atoms with Gasteiger partial charge in [-0.05, 0) is 30.7 Å². The van der Waals surface area contributed by atoms with Crippen molar-refractivity contribution in [3.63, 3.8) is 0 Å². The molecule has 0 aliphatic carbocycles. The van der Waals surface area contributed by atoms with Gasteiger partial charge in [-0.1, -0.05) is 18.2 Å². The van der Waals surface area contributed by atoms with Gasteiger partial charge in [0.25, 0.3) is 0 Å². The van der Waals surface area contributed by atoms with E-state index in [2.05, 4.69) is 11.1 Å². The molecular formula is C15H15N3O. The zero-order chi connectivity index (χ0) is 13.7. The summed E-state index contributed by atoms with van der Waals surface area (Å²) in [4.78, 5) is 4.20. The van der Waals surface area contributed by atoms with E-state index in [1.165, 1.54) is 0 Å². The Bertz CT molecular complexity index is 585. The van der Waals surface area contributed by atoms with Crippen LogP contribution in [0.5, 0.6) is 11.6 Å². The second-order valence-electron chi connectivity index (χ2n) is 4.27. The van der Waals surface area contributed by atoms with E-state index in [9.17, 15) is 0 Å². The summed E-state index contributed by atoms with van der Waals surface area (Å²) in [6, 6.07) is 13.1. The first-order valence-electron chi connectivity index (χ1n) is 6.05. The van der Waals surface area contributed by atoms with Crippen LogP contribution >= 0.6 is 0 Å². The zero-order valence-electron chi connectivity index (χ0n) is 10.7. The SMILES string of the molecule is CC(N)c1cccnc1Oc1ccc(CC#N)cc1. The lowest BCUT2D eigenvalue weighted by Gasteiger charge is -2.12. The molecule has 0 bridgehead atoms. The third-order valence-electron chi connectivity index (χ3n) is 2.71. The van der Waals surface area contributed by atoms with E-state index in [-0.39, 0.29) is 6.04 Å². The molecule has 4 nitrogen and oxygen atoms in total.